The summed E-state index contributed by atoms with van der Waals surface area (Å²) in [5.74, 6) is 0.502. The summed E-state index contributed by atoms with van der Waals surface area (Å²) in [6.45, 7) is 5.76. The molecule has 1 aliphatic rings. The summed E-state index contributed by atoms with van der Waals surface area (Å²) in [6.07, 6.45) is 4.54. The maximum Gasteiger partial charge on any atom is 0.147 e. The van der Waals surface area contributed by atoms with Crippen LogP contribution in [0.2, 0.25) is 0 Å². The van der Waals surface area contributed by atoms with Gasteiger partial charge in [0, 0.05) is 12.3 Å². The van der Waals surface area contributed by atoms with Gasteiger partial charge in [-0.2, -0.15) is 0 Å². The second-order valence-electron chi connectivity index (χ2n) is 3.60. The number of rotatable bonds is 2. The summed E-state index contributed by atoms with van der Waals surface area (Å²) in [4.78, 5) is 0. The number of hydrogen-bond acceptors (Lipinski definition) is 1. The molecule has 0 saturated heterocycles. The number of aliphatic hydroxyl groups excluding tert-OH is 1. The van der Waals surface area contributed by atoms with Crippen LogP contribution in [0.25, 0.3) is 0 Å². The number of aliphatic hydroxyl groups is 1. The maximum absolute atomic E-state index is 8.95. The van der Waals surface area contributed by atoms with E-state index in [4.69, 9.17) is 5.11 Å². The third kappa shape index (κ3) is 2.29. The van der Waals surface area contributed by atoms with Crippen LogP contribution < -0.4 is 0 Å². The van der Waals surface area contributed by atoms with Gasteiger partial charge in [-0.05, 0) is 20.3 Å². The summed E-state index contributed by atoms with van der Waals surface area (Å²) >= 11 is 0. The van der Waals surface area contributed by atoms with E-state index in [-0.39, 0.29) is 0 Å². The zero-order valence-electron chi connectivity index (χ0n) is 7.45. The maximum atomic E-state index is 8.95. The minimum Gasteiger partial charge on any atom is -0.396 e. The Balaban J connectivity index is 2.48. The number of nitrogens with zero attached hydrogens (tertiary/aromatic N) is 1. The molecule has 2 nitrogen and oxygen atoms in total. The molecule has 1 heterocycles. The molecule has 1 N–H and O–H groups in total. The van der Waals surface area contributed by atoms with Gasteiger partial charge in [0.2, 0.25) is 0 Å². The quantitative estimate of drug-likeness (QED) is 0.589. The normalized spacial score (nSPS) is 25.5. The fraction of sp³-hybridized carbons (Fsp3) is 0.889. The molecule has 2 heteroatoms. The van der Waals surface area contributed by atoms with Crippen LogP contribution in [0, 0.1) is 5.92 Å². The molecule has 0 fully saturated rings. The fourth-order valence-corrected chi connectivity index (χ4v) is 1.51. The Morgan fingerprint density at radius 1 is 1.64 bits per heavy atom. The van der Waals surface area contributed by atoms with Crippen molar-refractivity contribution in [2.75, 3.05) is 13.2 Å². The molecule has 0 saturated carbocycles. The molecule has 64 valence electrons. The molecule has 0 aliphatic carbocycles. The molecule has 1 atom stereocenters. The Bertz CT molecular complexity index is 152. The lowest BCUT2D eigenvalue weighted by molar-refractivity contribution is -0.566. The molecule has 0 amide bonds. The third-order valence-electron chi connectivity index (χ3n) is 2.33. The van der Waals surface area contributed by atoms with E-state index in [0.29, 0.717) is 18.6 Å². The standard InChI is InChI=1S/C9H18NO/c1-8(2)10-5-3-4-9(6-10)7-11/h5,8-9,11H,3-4,6-7H2,1-2H3/q+1/t9-/m0/s1. The van der Waals surface area contributed by atoms with Gasteiger partial charge in [-0.1, -0.05) is 0 Å². The van der Waals surface area contributed by atoms with Crippen LogP contribution in [-0.4, -0.2) is 35.1 Å². The van der Waals surface area contributed by atoms with E-state index in [1.54, 1.807) is 0 Å². The average Bonchev–Trinajstić information content (AvgIpc) is 2.05. The second-order valence-corrected chi connectivity index (χ2v) is 3.60. The fourth-order valence-electron chi connectivity index (χ4n) is 1.51. The lowest BCUT2D eigenvalue weighted by Gasteiger charge is -2.18. The lowest BCUT2D eigenvalue weighted by atomic mass is 10.0. The van der Waals surface area contributed by atoms with E-state index in [9.17, 15) is 0 Å². The first-order valence-electron chi connectivity index (χ1n) is 4.44. The minimum absolute atomic E-state index is 0.344. The zero-order valence-corrected chi connectivity index (χ0v) is 7.45. The molecule has 1 aliphatic heterocycles. The van der Waals surface area contributed by atoms with Crippen LogP contribution >= 0.6 is 0 Å². The van der Waals surface area contributed by atoms with Gasteiger partial charge in [0.25, 0.3) is 0 Å². The van der Waals surface area contributed by atoms with Crippen molar-refractivity contribution in [3.05, 3.63) is 0 Å². The Hall–Kier alpha value is -0.370. The van der Waals surface area contributed by atoms with Gasteiger partial charge < -0.3 is 5.11 Å². The van der Waals surface area contributed by atoms with Crippen molar-refractivity contribution in [1.29, 1.82) is 0 Å². The lowest BCUT2D eigenvalue weighted by Crippen LogP contribution is -2.32. The van der Waals surface area contributed by atoms with E-state index < -0.39 is 0 Å². The van der Waals surface area contributed by atoms with Crippen LogP contribution in [0.1, 0.15) is 26.7 Å². The van der Waals surface area contributed by atoms with Crippen molar-refractivity contribution in [3.8, 4) is 0 Å². The molecule has 0 unspecified atom stereocenters. The van der Waals surface area contributed by atoms with Crippen molar-refractivity contribution in [2.45, 2.75) is 32.7 Å². The van der Waals surface area contributed by atoms with Gasteiger partial charge in [-0.3, -0.25) is 0 Å². The van der Waals surface area contributed by atoms with Gasteiger partial charge in [0.1, 0.15) is 18.8 Å². The first-order chi connectivity index (χ1) is 5.24. The predicted octanol–water partition coefficient (Wildman–Crippen LogP) is 0.880. The van der Waals surface area contributed by atoms with E-state index >= 15 is 0 Å². The minimum atomic E-state index is 0.344. The third-order valence-corrected chi connectivity index (χ3v) is 2.33. The average molecular weight is 156 g/mol. The van der Waals surface area contributed by atoms with Gasteiger partial charge in [-0.25, -0.2) is 4.58 Å². The second kappa shape index (κ2) is 3.86. The SMILES string of the molecule is CC(C)[N+]1=CCC[C@H](CO)C1. The van der Waals surface area contributed by atoms with Crippen LogP contribution in [0.4, 0.5) is 0 Å². The van der Waals surface area contributed by atoms with Crippen molar-refractivity contribution in [1.82, 2.24) is 0 Å². The topological polar surface area (TPSA) is 23.2 Å². The highest BCUT2D eigenvalue weighted by Crippen LogP contribution is 2.11. The Kier molecular flexibility index (Phi) is 3.06. The van der Waals surface area contributed by atoms with Crippen LogP contribution in [-0.2, 0) is 0 Å². The molecule has 0 aromatic heterocycles. The molecule has 0 bridgehead atoms. The van der Waals surface area contributed by atoms with E-state index in [1.807, 2.05) is 0 Å². The van der Waals surface area contributed by atoms with E-state index in [0.717, 1.165) is 19.4 Å². The highest BCUT2D eigenvalue weighted by molar-refractivity contribution is 5.51. The first kappa shape index (κ1) is 8.72. The zero-order chi connectivity index (χ0) is 8.27. The van der Waals surface area contributed by atoms with Crippen molar-refractivity contribution in [3.63, 3.8) is 0 Å². The molecule has 0 spiro atoms. The molecular weight excluding hydrogens is 138 g/mol. The van der Waals surface area contributed by atoms with Crippen molar-refractivity contribution < 1.29 is 9.68 Å². The van der Waals surface area contributed by atoms with Gasteiger partial charge in [0.05, 0.1) is 6.61 Å². The summed E-state index contributed by atoms with van der Waals surface area (Å²) in [7, 11) is 0. The number of hydrogen-bond donors (Lipinski definition) is 1. The smallest absolute Gasteiger partial charge is 0.147 e. The predicted molar refractivity (Wildman–Crippen MR) is 46.1 cm³/mol. The van der Waals surface area contributed by atoms with Gasteiger partial charge in [0.15, 0.2) is 0 Å². The first-order valence-corrected chi connectivity index (χ1v) is 4.44. The molecule has 11 heavy (non-hydrogen) atoms. The Labute approximate surface area is 68.6 Å². The van der Waals surface area contributed by atoms with Crippen LogP contribution in [0.3, 0.4) is 0 Å². The summed E-state index contributed by atoms with van der Waals surface area (Å²) < 4.78 is 2.32. The summed E-state index contributed by atoms with van der Waals surface area (Å²) in [6, 6.07) is 0.587. The highest BCUT2D eigenvalue weighted by atomic mass is 16.3. The van der Waals surface area contributed by atoms with Crippen molar-refractivity contribution >= 4 is 6.21 Å². The molecular formula is C9H18NO+. The highest BCUT2D eigenvalue weighted by Gasteiger charge is 2.21. The van der Waals surface area contributed by atoms with E-state index in [2.05, 4.69) is 24.6 Å². The summed E-state index contributed by atoms with van der Waals surface area (Å²) in [5.41, 5.74) is 0. The molecule has 0 aromatic rings. The van der Waals surface area contributed by atoms with Crippen LogP contribution in [0.15, 0.2) is 0 Å². The Morgan fingerprint density at radius 3 is 2.91 bits per heavy atom. The monoisotopic (exact) mass is 156 g/mol. The van der Waals surface area contributed by atoms with Crippen LogP contribution in [0.5, 0.6) is 0 Å². The Morgan fingerprint density at radius 2 is 2.36 bits per heavy atom. The molecule has 0 radical (unpaired) electrons. The molecule has 1 rings (SSSR count). The molecule has 0 aromatic carbocycles. The van der Waals surface area contributed by atoms with E-state index in [1.165, 1.54) is 0 Å². The van der Waals surface area contributed by atoms with Crippen molar-refractivity contribution in [2.24, 2.45) is 5.92 Å². The van der Waals surface area contributed by atoms with Gasteiger partial charge >= 0.3 is 0 Å². The van der Waals surface area contributed by atoms with Gasteiger partial charge in [-0.15, -0.1) is 0 Å². The largest absolute Gasteiger partial charge is 0.396 e. The summed E-state index contributed by atoms with van der Waals surface area (Å²) in [5, 5.41) is 8.95.